The molecule has 0 saturated heterocycles. The summed E-state index contributed by atoms with van der Waals surface area (Å²) in [4.78, 5) is 1.31. The van der Waals surface area contributed by atoms with Gasteiger partial charge in [-0.15, -0.1) is 11.8 Å². The third-order valence-electron chi connectivity index (χ3n) is 2.08. The Morgan fingerprint density at radius 1 is 1.42 bits per heavy atom. The van der Waals surface area contributed by atoms with Gasteiger partial charge < -0.3 is 0 Å². The predicted octanol–water partition coefficient (Wildman–Crippen LogP) is 2.60. The zero-order chi connectivity index (χ0) is 8.39. The smallest absolute Gasteiger partial charge is 0.0994 e. The average Bonchev–Trinajstić information content (AvgIpc) is 2.17. The molecule has 1 aliphatic rings. The van der Waals surface area contributed by atoms with Crippen LogP contribution in [0.5, 0.6) is 0 Å². The van der Waals surface area contributed by atoms with E-state index in [2.05, 4.69) is 12.1 Å². The van der Waals surface area contributed by atoms with Crippen LogP contribution in [0.3, 0.4) is 0 Å². The molecular weight excluding hydrogens is 166 g/mol. The summed E-state index contributed by atoms with van der Waals surface area (Å²) in [6.45, 7) is 0. The Labute approximate surface area is 76.4 Å². The summed E-state index contributed by atoms with van der Waals surface area (Å²) < 4.78 is 0. The molecule has 1 aromatic carbocycles. The van der Waals surface area contributed by atoms with Crippen LogP contribution in [0.25, 0.3) is 0 Å². The monoisotopic (exact) mass is 175 g/mol. The molecule has 0 spiro atoms. The molecule has 0 fully saturated rings. The topological polar surface area (TPSA) is 23.8 Å². The van der Waals surface area contributed by atoms with Gasteiger partial charge in [-0.2, -0.15) is 5.26 Å². The molecule has 12 heavy (non-hydrogen) atoms. The van der Waals surface area contributed by atoms with Crippen LogP contribution in [0.1, 0.15) is 17.5 Å². The molecule has 2 rings (SSSR count). The van der Waals surface area contributed by atoms with Crippen LogP contribution < -0.4 is 0 Å². The molecule has 1 nitrogen and oxygen atoms in total. The van der Waals surface area contributed by atoms with Crippen LogP contribution in [-0.4, -0.2) is 5.75 Å². The van der Waals surface area contributed by atoms with Gasteiger partial charge in [0, 0.05) is 4.90 Å². The van der Waals surface area contributed by atoms with Crippen molar-refractivity contribution < 1.29 is 0 Å². The quantitative estimate of drug-likeness (QED) is 0.605. The molecule has 0 aromatic heterocycles. The lowest BCUT2D eigenvalue weighted by molar-refractivity contribution is 0.885. The molecule has 0 aliphatic carbocycles. The first-order valence-electron chi connectivity index (χ1n) is 4.06. The average molecular weight is 175 g/mol. The molecule has 0 N–H and O–H groups in total. The van der Waals surface area contributed by atoms with Gasteiger partial charge in [0.15, 0.2) is 0 Å². The zero-order valence-corrected chi connectivity index (χ0v) is 7.53. The summed E-state index contributed by atoms with van der Waals surface area (Å²) in [5.41, 5.74) is 2.12. The minimum Gasteiger partial charge on any atom is -0.192 e. The summed E-state index contributed by atoms with van der Waals surface area (Å²) in [5.74, 6) is 1.20. The van der Waals surface area contributed by atoms with E-state index in [0.717, 1.165) is 12.0 Å². The number of nitriles is 1. The highest BCUT2D eigenvalue weighted by Gasteiger charge is 2.12. The van der Waals surface area contributed by atoms with Crippen molar-refractivity contribution >= 4 is 11.8 Å². The van der Waals surface area contributed by atoms with E-state index in [0.29, 0.717) is 0 Å². The van der Waals surface area contributed by atoms with Crippen LogP contribution in [0.2, 0.25) is 0 Å². The minimum absolute atomic E-state index is 0.861. The molecule has 0 atom stereocenters. The van der Waals surface area contributed by atoms with Crippen molar-refractivity contribution in [3.8, 4) is 6.07 Å². The predicted molar refractivity (Wildman–Crippen MR) is 50.2 cm³/mol. The third-order valence-corrected chi connectivity index (χ3v) is 3.27. The standard InChI is InChI=1S/C10H9NS/c11-7-8-3-1-5-10-9(8)4-2-6-12-10/h1,3,5H,2,4,6H2. The van der Waals surface area contributed by atoms with E-state index in [-0.39, 0.29) is 0 Å². The largest absolute Gasteiger partial charge is 0.192 e. The van der Waals surface area contributed by atoms with Crippen LogP contribution in [0, 0.1) is 11.3 Å². The van der Waals surface area contributed by atoms with Gasteiger partial charge in [0.25, 0.3) is 0 Å². The van der Waals surface area contributed by atoms with Crippen molar-refractivity contribution in [1.82, 2.24) is 0 Å². The molecule has 0 bridgehead atoms. The number of thioether (sulfide) groups is 1. The van der Waals surface area contributed by atoms with Crippen molar-refractivity contribution in [3.05, 3.63) is 29.3 Å². The van der Waals surface area contributed by atoms with E-state index in [1.165, 1.54) is 22.6 Å². The fourth-order valence-corrected chi connectivity index (χ4v) is 2.56. The van der Waals surface area contributed by atoms with E-state index < -0.39 is 0 Å². The molecule has 0 saturated carbocycles. The Morgan fingerprint density at radius 2 is 2.33 bits per heavy atom. The summed E-state index contributed by atoms with van der Waals surface area (Å²) in [7, 11) is 0. The lowest BCUT2D eigenvalue weighted by Gasteiger charge is -2.15. The second-order valence-corrected chi connectivity index (χ2v) is 3.98. The maximum atomic E-state index is 8.83. The van der Waals surface area contributed by atoms with E-state index in [4.69, 9.17) is 5.26 Å². The third kappa shape index (κ3) is 1.21. The van der Waals surface area contributed by atoms with Crippen LogP contribution in [-0.2, 0) is 6.42 Å². The van der Waals surface area contributed by atoms with Crippen molar-refractivity contribution in [2.75, 3.05) is 5.75 Å². The Hall–Kier alpha value is -0.940. The van der Waals surface area contributed by atoms with E-state index >= 15 is 0 Å². The molecule has 1 aliphatic heterocycles. The second-order valence-electron chi connectivity index (χ2n) is 2.85. The van der Waals surface area contributed by atoms with Gasteiger partial charge >= 0.3 is 0 Å². The molecule has 0 unspecified atom stereocenters. The Balaban J connectivity index is 2.53. The number of hydrogen-bond acceptors (Lipinski definition) is 2. The summed E-state index contributed by atoms with van der Waals surface area (Å²) in [6.07, 6.45) is 2.28. The van der Waals surface area contributed by atoms with Crippen LogP contribution in [0.4, 0.5) is 0 Å². The van der Waals surface area contributed by atoms with Crippen molar-refractivity contribution in [2.45, 2.75) is 17.7 Å². The van der Waals surface area contributed by atoms with Crippen LogP contribution in [0.15, 0.2) is 23.1 Å². The van der Waals surface area contributed by atoms with E-state index in [1.807, 2.05) is 23.9 Å². The number of hydrogen-bond donors (Lipinski definition) is 0. The summed E-state index contributed by atoms with van der Waals surface area (Å²) in [6, 6.07) is 8.23. The lowest BCUT2D eigenvalue weighted by Crippen LogP contribution is -2.00. The van der Waals surface area contributed by atoms with Gasteiger partial charge in [-0.05, 0) is 36.3 Å². The van der Waals surface area contributed by atoms with Crippen LogP contribution >= 0.6 is 11.8 Å². The van der Waals surface area contributed by atoms with E-state index in [1.54, 1.807) is 0 Å². The summed E-state index contributed by atoms with van der Waals surface area (Å²) in [5, 5.41) is 8.83. The van der Waals surface area contributed by atoms with Gasteiger partial charge in [0.05, 0.1) is 11.6 Å². The number of nitrogens with zero attached hydrogens (tertiary/aromatic N) is 1. The Bertz CT molecular complexity index is 338. The van der Waals surface area contributed by atoms with Crippen molar-refractivity contribution in [1.29, 1.82) is 5.26 Å². The molecule has 60 valence electrons. The first-order valence-corrected chi connectivity index (χ1v) is 5.05. The van der Waals surface area contributed by atoms with Gasteiger partial charge in [-0.3, -0.25) is 0 Å². The molecular formula is C10H9NS. The SMILES string of the molecule is N#Cc1cccc2c1CCCS2. The summed E-state index contributed by atoms with van der Waals surface area (Å²) >= 11 is 1.87. The van der Waals surface area contributed by atoms with Gasteiger partial charge in [-0.1, -0.05) is 6.07 Å². The zero-order valence-electron chi connectivity index (χ0n) is 6.71. The number of fused-ring (bicyclic) bond motifs is 1. The molecule has 0 radical (unpaired) electrons. The highest BCUT2D eigenvalue weighted by molar-refractivity contribution is 7.99. The maximum Gasteiger partial charge on any atom is 0.0994 e. The highest BCUT2D eigenvalue weighted by Crippen LogP contribution is 2.31. The first-order chi connectivity index (χ1) is 5.92. The second kappa shape index (κ2) is 3.20. The number of benzene rings is 1. The van der Waals surface area contributed by atoms with E-state index in [9.17, 15) is 0 Å². The van der Waals surface area contributed by atoms with Crippen molar-refractivity contribution in [2.24, 2.45) is 0 Å². The fraction of sp³-hybridized carbons (Fsp3) is 0.300. The lowest BCUT2D eigenvalue weighted by atomic mass is 10.0. The molecule has 0 amide bonds. The Morgan fingerprint density at radius 3 is 3.17 bits per heavy atom. The molecule has 2 heteroatoms. The minimum atomic E-state index is 0.861. The first kappa shape index (κ1) is 7.70. The normalized spacial score (nSPS) is 14.9. The highest BCUT2D eigenvalue weighted by atomic mass is 32.2. The van der Waals surface area contributed by atoms with Crippen molar-refractivity contribution in [3.63, 3.8) is 0 Å². The number of rotatable bonds is 0. The molecule has 1 heterocycles. The van der Waals surface area contributed by atoms with Gasteiger partial charge in [0.1, 0.15) is 0 Å². The van der Waals surface area contributed by atoms with Gasteiger partial charge in [0.2, 0.25) is 0 Å². The maximum absolute atomic E-state index is 8.83. The molecule has 1 aromatic rings. The van der Waals surface area contributed by atoms with Gasteiger partial charge in [-0.25, -0.2) is 0 Å². The Kier molecular flexibility index (Phi) is 2.05. The fourth-order valence-electron chi connectivity index (χ4n) is 1.49.